The first-order chi connectivity index (χ1) is 12.8. The van der Waals surface area contributed by atoms with Gasteiger partial charge in [-0.05, 0) is 56.4 Å². The second kappa shape index (κ2) is 5.75. The van der Waals surface area contributed by atoms with Crippen molar-refractivity contribution in [1.29, 1.82) is 0 Å². The zero-order chi connectivity index (χ0) is 20.9. The molecule has 0 spiro atoms. The first-order valence-corrected chi connectivity index (χ1v) is 10.5. The molecule has 0 aromatic carbocycles. The Hall–Kier alpha value is -1.07. The van der Waals surface area contributed by atoms with E-state index in [1.165, 1.54) is 6.92 Å². The monoisotopic (exact) mass is 394 g/mol. The van der Waals surface area contributed by atoms with Gasteiger partial charge in [0.15, 0.2) is 5.78 Å². The number of hydrogen-bond donors (Lipinski definition) is 2. The van der Waals surface area contributed by atoms with Gasteiger partial charge in [0, 0.05) is 16.7 Å². The van der Waals surface area contributed by atoms with Gasteiger partial charge in [-0.15, -0.1) is 0 Å². The van der Waals surface area contributed by atoms with E-state index in [1.807, 2.05) is 6.92 Å². The van der Waals surface area contributed by atoms with Crippen LogP contribution in [0.1, 0.15) is 59.8 Å². The molecular weight excluding hydrogens is 362 g/mol. The summed E-state index contributed by atoms with van der Waals surface area (Å²) in [5.41, 5.74) is -4.45. The molecule has 2 N–H and O–H groups in total. The van der Waals surface area contributed by atoms with Crippen LogP contribution in [-0.2, 0) is 4.79 Å². The van der Waals surface area contributed by atoms with Crippen molar-refractivity contribution in [3.63, 3.8) is 0 Å². The number of fused-ring (bicyclic) bond motifs is 5. The van der Waals surface area contributed by atoms with Gasteiger partial charge in [0.1, 0.15) is 17.4 Å². The largest absolute Gasteiger partial charge is 0.390 e. The number of carbonyl (C=O) groups excluding carboxylic acids is 1. The molecule has 0 saturated heterocycles. The Morgan fingerprint density at radius 2 is 1.93 bits per heavy atom. The molecule has 0 heterocycles. The smallest absolute Gasteiger partial charge is 0.162 e. The Bertz CT molecular complexity index is 778. The van der Waals surface area contributed by atoms with E-state index < -0.39 is 40.3 Å². The highest BCUT2D eigenvalue weighted by Crippen LogP contribution is 2.71. The lowest BCUT2D eigenvalue weighted by Crippen LogP contribution is -2.70. The summed E-state index contributed by atoms with van der Waals surface area (Å²) in [6, 6.07) is 0. The summed E-state index contributed by atoms with van der Waals surface area (Å²) < 4.78 is 32.3. The number of Topliss-reactive ketones (excluding diaryl/α,β-unsaturated/α-hetero) is 1. The summed E-state index contributed by atoms with van der Waals surface area (Å²) in [5.74, 6) is -1.80. The Kier molecular flexibility index (Phi) is 4.15. The Labute approximate surface area is 165 Å². The molecule has 4 rings (SSSR count). The van der Waals surface area contributed by atoms with Crippen molar-refractivity contribution in [2.24, 2.45) is 28.6 Å². The topological polar surface area (TPSA) is 57.5 Å². The first-order valence-electron chi connectivity index (χ1n) is 10.5. The van der Waals surface area contributed by atoms with Gasteiger partial charge in [-0.3, -0.25) is 4.79 Å². The molecule has 9 atom stereocenters. The molecule has 0 aliphatic heterocycles. The number of aliphatic hydroxyl groups is 2. The number of hydrogen-bond acceptors (Lipinski definition) is 3. The van der Waals surface area contributed by atoms with Crippen molar-refractivity contribution >= 4 is 5.78 Å². The van der Waals surface area contributed by atoms with Crippen LogP contribution in [-0.4, -0.2) is 39.5 Å². The number of allylic oxidation sites excluding steroid dienone is 3. The highest BCUT2D eigenvalue weighted by atomic mass is 19.1. The second-order valence-electron chi connectivity index (χ2n) is 10.4. The zero-order valence-electron chi connectivity index (χ0n) is 17.3. The standard InChI is InChI=1S/C23H32F2O3/c1-12-6-7-20(4)17(8-12)18(24)10-16-15-9-13(2)23(28,14(3)26)21(15,5)11-19(27)22(16,20)25/h8,13,15-16,18-19,27-28H,1,6-7,9-11H2,2-5H3/t13-,15+,16+,18+,19+,20+,21+,22+,23+/m1/s1. The van der Waals surface area contributed by atoms with E-state index in [-0.39, 0.29) is 30.5 Å². The summed E-state index contributed by atoms with van der Waals surface area (Å²) in [5, 5.41) is 22.5. The van der Waals surface area contributed by atoms with Crippen LogP contribution in [0.4, 0.5) is 8.78 Å². The Morgan fingerprint density at radius 1 is 1.29 bits per heavy atom. The Balaban J connectivity index is 1.87. The van der Waals surface area contributed by atoms with E-state index in [0.29, 0.717) is 24.8 Å². The molecule has 0 amide bonds. The van der Waals surface area contributed by atoms with E-state index in [9.17, 15) is 15.0 Å². The van der Waals surface area contributed by atoms with Gasteiger partial charge in [0.25, 0.3) is 0 Å². The molecule has 4 aliphatic carbocycles. The van der Waals surface area contributed by atoms with Crippen molar-refractivity contribution < 1.29 is 23.8 Å². The average Bonchev–Trinajstić information content (AvgIpc) is 2.81. The number of ketones is 1. The Morgan fingerprint density at radius 3 is 2.54 bits per heavy atom. The van der Waals surface area contributed by atoms with Gasteiger partial charge >= 0.3 is 0 Å². The van der Waals surface area contributed by atoms with Crippen LogP contribution in [0.3, 0.4) is 0 Å². The van der Waals surface area contributed by atoms with E-state index in [4.69, 9.17) is 0 Å². The molecule has 3 fully saturated rings. The van der Waals surface area contributed by atoms with Crippen molar-refractivity contribution in [2.45, 2.75) is 83.3 Å². The SMILES string of the molecule is C=C1C=C2[C@@H](F)C[C@H]3[C@@H]4C[C@@H](C)[C@](O)(C(C)=O)[C@@]4(C)C[C@H](O)[C@]3(F)[C@@]2(C)CC1. The number of carbonyl (C=O) groups is 1. The molecule has 3 nitrogen and oxygen atoms in total. The molecule has 28 heavy (non-hydrogen) atoms. The number of rotatable bonds is 1. The third-order valence-corrected chi connectivity index (χ3v) is 9.26. The van der Waals surface area contributed by atoms with Crippen molar-refractivity contribution in [2.75, 3.05) is 0 Å². The molecule has 3 saturated carbocycles. The summed E-state index contributed by atoms with van der Waals surface area (Å²) >= 11 is 0. The summed E-state index contributed by atoms with van der Waals surface area (Å²) in [6.07, 6.45) is 0.467. The molecule has 0 aromatic rings. The highest BCUT2D eigenvalue weighted by molar-refractivity contribution is 5.86. The minimum Gasteiger partial charge on any atom is -0.390 e. The molecule has 0 unspecified atom stereocenters. The van der Waals surface area contributed by atoms with E-state index in [2.05, 4.69) is 6.58 Å². The maximum absolute atomic E-state index is 17.0. The van der Waals surface area contributed by atoms with Gasteiger partial charge in [0.05, 0.1) is 6.10 Å². The van der Waals surface area contributed by atoms with Crippen molar-refractivity contribution in [3.05, 3.63) is 23.8 Å². The first kappa shape index (κ1) is 20.2. The molecule has 156 valence electrons. The van der Waals surface area contributed by atoms with Crippen LogP contribution in [0, 0.1) is 28.6 Å². The van der Waals surface area contributed by atoms with Crippen LogP contribution in [0.25, 0.3) is 0 Å². The van der Waals surface area contributed by atoms with Gasteiger partial charge < -0.3 is 10.2 Å². The van der Waals surface area contributed by atoms with Crippen LogP contribution < -0.4 is 0 Å². The molecule has 4 aliphatic rings. The maximum atomic E-state index is 17.0. The quantitative estimate of drug-likeness (QED) is 0.705. The number of alkyl halides is 2. The minimum absolute atomic E-state index is 0.00581. The molecule has 0 radical (unpaired) electrons. The fourth-order valence-corrected chi connectivity index (χ4v) is 7.73. The normalized spacial score (nSPS) is 55.8. The average molecular weight is 395 g/mol. The van der Waals surface area contributed by atoms with Crippen LogP contribution >= 0.6 is 0 Å². The van der Waals surface area contributed by atoms with Crippen molar-refractivity contribution in [3.8, 4) is 0 Å². The van der Waals surface area contributed by atoms with E-state index in [0.717, 1.165) is 5.57 Å². The fourth-order valence-electron chi connectivity index (χ4n) is 7.73. The molecule has 0 aromatic heterocycles. The van der Waals surface area contributed by atoms with Gasteiger partial charge in [0.2, 0.25) is 0 Å². The fraction of sp³-hybridized carbons (Fsp3) is 0.783. The second-order valence-corrected chi connectivity index (χ2v) is 10.4. The molecule has 5 heteroatoms. The molecule has 0 bridgehead atoms. The lowest BCUT2D eigenvalue weighted by Gasteiger charge is -2.64. The number of aliphatic hydroxyl groups excluding tert-OH is 1. The van der Waals surface area contributed by atoms with Gasteiger partial charge in [-0.1, -0.05) is 39.0 Å². The van der Waals surface area contributed by atoms with Gasteiger partial charge in [-0.2, -0.15) is 0 Å². The van der Waals surface area contributed by atoms with Crippen LogP contribution in [0.5, 0.6) is 0 Å². The molecular formula is C23H32F2O3. The summed E-state index contributed by atoms with van der Waals surface area (Å²) in [7, 11) is 0. The third kappa shape index (κ3) is 2.03. The van der Waals surface area contributed by atoms with Crippen LogP contribution in [0.2, 0.25) is 0 Å². The van der Waals surface area contributed by atoms with E-state index in [1.54, 1.807) is 19.9 Å². The lowest BCUT2D eigenvalue weighted by molar-refractivity contribution is -0.232. The minimum atomic E-state index is -1.98. The number of halogens is 2. The maximum Gasteiger partial charge on any atom is 0.162 e. The van der Waals surface area contributed by atoms with Crippen LogP contribution in [0.15, 0.2) is 23.8 Å². The third-order valence-electron chi connectivity index (χ3n) is 9.26. The van der Waals surface area contributed by atoms with E-state index >= 15 is 8.78 Å². The predicted molar refractivity (Wildman–Crippen MR) is 103 cm³/mol. The summed E-state index contributed by atoms with van der Waals surface area (Å²) in [4.78, 5) is 12.5. The van der Waals surface area contributed by atoms with Crippen molar-refractivity contribution in [1.82, 2.24) is 0 Å². The van der Waals surface area contributed by atoms with Gasteiger partial charge in [-0.25, -0.2) is 8.78 Å². The zero-order valence-corrected chi connectivity index (χ0v) is 17.3. The summed E-state index contributed by atoms with van der Waals surface area (Å²) in [6.45, 7) is 10.6. The lowest BCUT2D eigenvalue weighted by atomic mass is 9.43. The highest BCUT2D eigenvalue weighted by Gasteiger charge is 2.76. The predicted octanol–water partition coefficient (Wildman–Crippen LogP) is 4.08.